The van der Waals surface area contributed by atoms with Crippen molar-refractivity contribution in [2.45, 2.75) is 32.2 Å². The van der Waals surface area contributed by atoms with Gasteiger partial charge in [-0.2, -0.15) is 0 Å². The van der Waals surface area contributed by atoms with Gasteiger partial charge in [0.25, 0.3) is 0 Å². The molecule has 1 saturated carbocycles. The molecular weight excluding hydrogens is 228 g/mol. The minimum absolute atomic E-state index is 0.101. The topological polar surface area (TPSA) is 59.5 Å². The lowest BCUT2D eigenvalue weighted by molar-refractivity contribution is -0.137. The van der Waals surface area contributed by atoms with Crippen LogP contribution in [-0.4, -0.2) is 24.4 Å². The first-order chi connectivity index (χ1) is 8.72. The van der Waals surface area contributed by atoms with Crippen LogP contribution >= 0.6 is 0 Å². The van der Waals surface area contributed by atoms with Crippen molar-refractivity contribution >= 4 is 5.91 Å². The summed E-state index contributed by atoms with van der Waals surface area (Å²) < 4.78 is 5.28. The van der Waals surface area contributed by atoms with Crippen molar-refractivity contribution in [2.75, 3.05) is 13.6 Å². The standard InChI is InChI=1S/C14H22N2O2/c1-16(10-12-6-4-8-18-12)14(17)13-7-3-2-5-11(13)9-15/h4,6,8,11,13H,2-3,5,7,9-10,15H2,1H3. The van der Waals surface area contributed by atoms with E-state index in [0.29, 0.717) is 19.0 Å². The number of carbonyl (C=O) groups excluding carboxylic acids is 1. The van der Waals surface area contributed by atoms with Gasteiger partial charge >= 0.3 is 0 Å². The first-order valence-electron chi connectivity index (χ1n) is 6.69. The van der Waals surface area contributed by atoms with Gasteiger partial charge in [-0.25, -0.2) is 0 Å². The van der Waals surface area contributed by atoms with Crippen LogP contribution in [0.3, 0.4) is 0 Å². The molecule has 0 spiro atoms. The molecule has 1 aliphatic rings. The van der Waals surface area contributed by atoms with Crippen molar-refractivity contribution in [3.8, 4) is 0 Å². The third kappa shape index (κ3) is 2.93. The summed E-state index contributed by atoms with van der Waals surface area (Å²) in [5, 5.41) is 0. The third-order valence-corrected chi connectivity index (χ3v) is 3.88. The van der Waals surface area contributed by atoms with Gasteiger partial charge in [0, 0.05) is 13.0 Å². The smallest absolute Gasteiger partial charge is 0.226 e. The average Bonchev–Trinajstić information content (AvgIpc) is 2.90. The fourth-order valence-corrected chi connectivity index (χ4v) is 2.81. The molecule has 1 aliphatic carbocycles. The van der Waals surface area contributed by atoms with E-state index in [9.17, 15) is 4.79 Å². The number of carbonyl (C=O) groups is 1. The van der Waals surface area contributed by atoms with Crippen LogP contribution in [0, 0.1) is 11.8 Å². The molecular formula is C14H22N2O2. The first-order valence-corrected chi connectivity index (χ1v) is 6.69. The second kappa shape index (κ2) is 6.05. The summed E-state index contributed by atoms with van der Waals surface area (Å²) in [6.07, 6.45) is 6.04. The SMILES string of the molecule is CN(Cc1ccco1)C(=O)C1CCCCC1CN. The highest BCUT2D eigenvalue weighted by molar-refractivity contribution is 5.79. The van der Waals surface area contributed by atoms with Crippen molar-refractivity contribution in [1.29, 1.82) is 0 Å². The Balaban J connectivity index is 1.96. The Morgan fingerprint density at radius 2 is 2.28 bits per heavy atom. The van der Waals surface area contributed by atoms with Crippen LogP contribution in [0.25, 0.3) is 0 Å². The van der Waals surface area contributed by atoms with Crippen molar-refractivity contribution in [1.82, 2.24) is 4.90 Å². The van der Waals surface area contributed by atoms with Crippen LogP contribution in [-0.2, 0) is 11.3 Å². The van der Waals surface area contributed by atoms with E-state index in [1.54, 1.807) is 11.2 Å². The molecule has 4 nitrogen and oxygen atoms in total. The summed E-state index contributed by atoms with van der Waals surface area (Å²) in [4.78, 5) is 14.2. The Morgan fingerprint density at radius 3 is 2.94 bits per heavy atom. The highest BCUT2D eigenvalue weighted by atomic mass is 16.3. The Bertz CT molecular complexity index is 375. The maximum atomic E-state index is 12.4. The van der Waals surface area contributed by atoms with Crippen molar-refractivity contribution in [3.63, 3.8) is 0 Å². The molecule has 2 atom stereocenters. The van der Waals surface area contributed by atoms with Crippen LogP contribution in [0.15, 0.2) is 22.8 Å². The molecule has 0 aromatic carbocycles. The molecule has 18 heavy (non-hydrogen) atoms. The fraction of sp³-hybridized carbons (Fsp3) is 0.643. The summed E-state index contributed by atoms with van der Waals surface area (Å²) >= 11 is 0. The zero-order chi connectivity index (χ0) is 13.0. The predicted octanol–water partition coefficient (Wildman–Crippen LogP) is 2.00. The Labute approximate surface area is 108 Å². The van der Waals surface area contributed by atoms with Gasteiger partial charge < -0.3 is 15.1 Å². The molecule has 0 saturated heterocycles. The predicted molar refractivity (Wildman–Crippen MR) is 69.7 cm³/mol. The van der Waals surface area contributed by atoms with Gasteiger partial charge in [0.1, 0.15) is 5.76 Å². The highest BCUT2D eigenvalue weighted by Crippen LogP contribution is 2.30. The molecule has 1 heterocycles. The molecule has 1 amide bonds. The summed E-state index contributed by atoms with van der Waals surface area (Å²) in [6.45, 7) is 1.16. The van der Waals surface area contributed by atoms with Gasteiger partial charge in [0.2, 0.25) is 5.91 Å². The van der Waals surface area contributed by atoms with Gasteiger partial charge in [-0.1, -0.05) is 12.8 Å². The molecule has 2 rings (SSSR count). The Kier molecular flexibility index (Phi) is 4.42. The number of nitrogens with two attached hydrogens (primary N) is 1. The largest absolute Gasteiger partial charge is 0.467 e. The molecule has 0 radical (unpaired) electrons. The lowest BCUT2D eigenvalue weighted by atomic mass is 9.78. The van der Waals surface area contributed by atoms with E-state index in [1.807, 2.05) is 19.2 Å². The van der Waals surface area contributed by atoms with Crippen LogP contribution in [0.1, 0.15) is 31.4 Å². The van der Waals surface area contributed by atoms with Gasteiger partial charge in [0.05, 0.1) is 12.8 Å². The number of hydrogen-bond donors (Lipinski definition) is 1. The van der Waals surface area contributed by atoms with Crippen molar-refractivity contribution in [2.24, 2.45) is 17.6 Å². The number of hydrogen-bond acceptors (Lipinski definition) is 3. The van der Waals surface area contributed by atoms with Crippen molar-refractivity contribution in [3.05, 3.63) is 24.2 Å². The fourth-order valence-electron chi connectivity index (χ4n) is 2.81. The van der Waals surface area contributed by atoms with Gasteiger partial charge in [0.15, 0.2) is 0 Å². The minimum atomic E-state index is 0.101. The first kappa shape index (κ1) is 13.1. The van der Waals surface area contributed by atoms with E-state index < -0.39 is 0 Å². The van der Waals surface area contributed by atoms with E-state index in [2.05, 4.69) is 0 Å². The molecule has 2 unspecified atom stereocenters. The lowest BCUT2D eigenvalue weighted by Gasteiger charge is -2.32. The maximum absolute atomic E-state index is 12.4. The second-order valence-corrected chi connectivity index (χ2v) is 5.16. The minimum Gasteiger partial charge on any atom is -0.467 e. The van der Waals surface area contributed by atoms with E-state index >= 15 is 0 Å². The number of amides is 1. The van der Waals surface area contributed by atoms with Gasteiger partial charge in [-0.05, 0) is 37.4 Å². The number of nitrogens with zero attached hydrogens (tertiary/aromatic N) is 1. The van der Waals surface area contributed by atoms with Crippen LogP contribution in [0.4, 0.5) is 0 Å². The molecule has 1 aromatic rings. The third-order valence-electron chi connectivity index (χ3n) is 3.88. The lowest BCUT2D eigenvalue weighted by Crippen LogP contribution is -2.40. The second-order valence-electron chi connectivity index (χ2n) is 5.16. The quantitative estimate of drug-likeness (QED) is 0.889. The normalized spacial score (nSPS) is 23.9. The average molecular weight is 250 g/mol. The molecule has 0 bridgehead atoms. The highest BCUT2D eigenvalue weighted by Gasteiger charge is 2.31. The van der Waals surface area contributed by atoms with E-state index in [1.165, 1.54) is 6.42 Å². The zero-order valence-electron chi connectivity index (χ0n) is 11.0. The number of furan rings is 1. The molecule has 1 fully saturated rings. The van der Waals surface area contributed by atoms with E-state index in [4.69, 9.17) is 10.2 Å². The van der Waals surface area contributed by atoms with E-state index in [-0.39, 0.29) is 11.8 Å². The van der Waals surface area contributed by atoms with Gasteiger partial charge in [-0.3, -0.25) is 4.79 Å². The molecule has 1 aromatic heterocycles. The summed E-state index contributed by atoms with van der Waals surface area (Å²) in [5.74, 6) is 1.49. The van der Waals surface area contributed by atoms with Crippen molar-refractivity contribution < 1.29 is 9.21 Å². The maximum Gasteiger partial charge on any atom is 0.226 e. The Morgan fingerprint density at radius 1 is 1.50 bits per heavy atom. The van der Waals surface area contributed by atoms with E-state index in [0.717, 1.165) is 25.0 Å². The molecule has 4 heteroatoms. The molecule has 0 aliphatic heterocycles. The Hall–Kier alpha value is -1.29. The summed E-state index contributed by atoms with van der Waals surface area (Å²) in [7, 11) is 1.84. The zero-order valence-corrected chi connectivity index (χ0v) is 11.0. The summed E-state index contributed by atoms with van der Waals surface area (Å²) in [5.41, 5.74) is 5.78. The molecule has 2 N–H and O–H groups in total. The molecule has 100 valence electrons. The van der Waals surface area contributed by atoms with Crippen LogP contribution in [0.5, 0.6) is 0 Å². The van der Waals surface area contributed by atoms with Crippen LogP contribution < -0.4 is 5.73 Å². The number of rotatable bonds is 4. The summed E-state index contributed by atoms with van der Waals surface area (Å²) in [6, 6.07) is 3.74. The van der Waals surface area contributed by atoms with Crippen LogP contribution in [0.2, 0.25) is 0 Å². The monoisotopic (exact) mass is 250 g/mol. The van der Waals surface area contributed by atoms with Gasteiger partial charge in [-0.15, -0.1) is 0 Å².